The molecule has 0 bridgehead atoms. The van der Waals surface area contributed by atoms with Gasteiger partial charge in [0, 0.05) is 23.5 Å². The summed E-state index contributed by atoms with van der Waals surface area (Å²) in [5.41, 5.74) is -9.64. The number of aliphatic imine (C=N–C) groups is 2. The van der Waals surface area contributed by atoms with Crippen LogP contribution < -0.4 is 0 Å². The minimum absolute atomic E-state index is 0.181. The van der Waals surface area contributed by atoms with Crippen LogP contribution in [0.2, 0.25) is 0 Å². The summed E-state index contributed by atoms with van der Waals surface area (Å²) in [7, 11) is 0. The molecule has 4 heterocycles. The first-order valence-electron chi connectivity index (χ1n) is 22.7. The molecule has 3 aliphatic carbocycles. The number of nitrogens with zero attached hydrogens (tertiary/aromatic N) is 4. The standard InChI is InChI=1S/C50H64N4O10/c1-45(2,3)61-41(55)33-35(43(57)63-47(7,8)9)49(59-39(33)53-29-21-15-13-16-22-29)31-25-19-27-51-37(31)38-32(26-20-28-52-38)50(49)36(44(58)64-48(10,11)12)34(42(56)62-46(4,5)6)40(60-50)54-30-23-17-14-18-24-30/h19-20,25-30H,13-18,21-24H2,1-12H3/t49-,50-/m0/s1. The fourth-order valence-electron chi connectivity index (χ4n) is 9.19. The Labute approximate surface area is 376 Å². The van der Waals surface area contributed by atoms with E-state index in [0.29, 0.717) is 25.7 Å². The summed E-state index contributed by atoms with van der Waals surface area (Å²) in [5, 5.41) is 0. The highest BCUT2D eigenvalue weighted by Gasteiger charge is 2.77. The van der Waals surface area contributed by atoms with E-state index >= 15 is 19.2 Å². The Morgan fingerprint density at radius 1 is 0.516 bits per heavy atom. The summed E-state index contributed by atoms with van der Waals surface area (Å²) in [6.45, 7) is 20.5. The van der Waals surface area contributed by atoms with Gasteiger partial charge in [-0.1, -0.05) is 50.7 Å². The minimum Gasteiger partial charge on any atom is -0.456 e. The van der Waals surface area contributed by atoms with Gasteiger partial charge in [0.2, 0.25) is 23.0 Å². The number of hydrogen-bond donors (Lipinski definition) is 0. The Kier molecular flexibility index (Phi) is 12.3. The topological polar surface area (TPSA) is 174 Å². The average Bonchev–Trinajstić information content (AvgIpc) is 3.70. The second kappa shape index (κ2) is 16.9. The first kappa shape index (κ1) is 46.6. The van der Waals surface area contributed by atoms with Gasteiger partial charge in [0.1, 0.15) is 44.7 Å². The van der Waals surface area contributed by atoms with Gasteiger partial charge in [0.05, 0.1) is 23.5 Å². The Bertz CT molecular complexity index is 2180. The van der Waals surface area contributed by atoms with Crippen molar-refractivity contribution in [1.29, 1.82) is 0 Å². The molecule has 0 aromatic carbocycles. The Morgan fingerprint density at radius 3 is 1.14 bits per heavy atom. The zero-order valence-electron chi connectivity index (χ0n) is 39.6. The molecule has 2 aliphatic heterocycles. The molecule has 2 fully saturated rings. The highest BCUT2D eigenvalue weighted by Crippen LogP contribution is 2.66. The normalized spacial score (nSPS) is 24.4. The van der Waals surface area contributed by atoms with Crippen molar-refractivity contribution in [1.82, 2.24) is 9.97 Å². The molecule has 2 aromatic rings. The van der Waals surface area contributed by atoms with E-state index in [1.54, 1.807) is 120 Å². The average molecular weight is 881 g/mol. The van der Waals surface area contributed by atoms with Gasteiger partial charge in [-0.2, -0.15) is 0 Å². The maximum atomic E-state index is 15.7. The van der Waals surface area contributed by atoms with Crippen molar-refractivity contribution in [3.63, 3.8) is 0 Å². The van der Waals surface area contributed by atoms with Crippen molar-refractivity contribution in [2.45, 2.75) is 193 Å². The van der Waals surface area contributed by atoms with E-state index in [1.165, 1.54) is 0 Å². The summed E-state index contributed by atoms with van der Waals surface area (Å²) in [6.07, 6.45) is 11.5. The third-order valence-corrected chi connectivity index (χ3v) is 11.4. The van der Waals surface area contributed by atoms with E-state index < -0.39 is 57.5 Å². The maximum Gasteiger partial charge on any atom is 0.344 e. The van der Waals surface area contributed by atoms with Gasteiger partial charge >= 0.3 is 23.9 Å². The van der Waals surface area contributed by atoms with Gasteiger partial charge in [-0.15, -0.1) is 0 Å². The molecule has 5 aliphatic rings. The number of carbonyl (C=O) groups is 4. The number of fused-ring (bicyclic) bond motifs is 6. The van der Waals surface area contributed by atoms with E-state index in [-0.39, 0.29) is 68.7 Å². The Hall–Kier alpha value is -5.40. The summed E-state index contributed by atoms with van der Waals surface area (Å²) in [4.78, 5) is 81.5. The second-order valence-electron chi connectivity index (χ2n) is 21.3. The quantitative estimate of drug-likeness (QED) is 0.199. The lowest BCUT2D eigenvalue weighted by Gasteiger charge is -2.49. The smallest absolute Gasteiger partial charge is 0.344 e. The van der Waals surface area contributed by atoms with Crippen LogP contribution in [0.3, 0.4) is 0 Å². The first-order chi connectivity index (χ1) is 29.9. The monoisotopic (exact) mass is 880 g/mol. The Morgan fingerprint density at radius 2 is 0.828 bits per heavy atom. The van der Waals surface area contributed by atoms with E-state index in [0.717, 1.165) is 38.5 Å². The minimum atomic E-state index is -2.42. The maximum absolute atomic E-state index is 15.7. The SMILES string of the molecule is CC(C)(C)OC(=O)C1=C(C(=O)OC(C)(C)C)[C@@]2(OC1=NC1CCCCC1)c1cccnc1-c1ncccc1[C@@]21OC(=NC2CCCCC2)C(C(=O)OC(C)(C)C)=C1C(=O)OC(C)(C)C. The van der Waals surface area contributed by atoms with Crippen LogP contribution in [0.4, 0.5) is 0 Å². The number of aromatic nitrogens is 2. The van der Waals surface area contributed by atoms with Crippen molar-refractivity contribution in [3.8, 4) is 11.4 Å². The van der Waals surface area contributed by atoms with E-state index in [1.807, 2.05) is 0 Å². The van der Waals surface area contributed by atoms with Crippen LogP contribution in [0.5, 0.6) is 0 Å². The molecule has 0 N–H and O–H groups in total. The molecular weight excluding hydrogens is 817 g/mol. The third-order valence-electron chi connectivity index (χ3n) is 11.4. The molecule has 344 valence electrons. The second-order valence-corrected chi connectivity index (χ2v) is 21.3. The number of hydrogen-bond acceptors (Lipinski definition) is 14. The summed E-state index contributed by atoms with van der Waals surface area (Å²) in [5.74, 6) is -4.19. The van der Waals surface area contributed by atoms with Crippen LogP contribution in [0.25, 0.3) is 11.4 Å². The van der Waals surface area contributed by atoms with Crippen LogP contribution >= 0.6 is 0 Å². The van der Waals surface area contributed by atoms with Crippen LogP contribution in [0.15, 0.2) is 68.9 Å². The molecule has 2 aromatic heterocycles. The van der Waals surface area contributed by atoms with Crippen molar-refractivity contribution in [3.05, 3.63) is 70.1 Å². The highest BCUT2D eigenvalue weighted by molar-refractivity contribution is 6.27. The van der Waals surface area contributed by atoms with Crippen molar-refractivity contribution in [2.75, 3.05) is 0 Å². The molecule has 0 amide bonds. The highest BCUT2D eigenvalue weighted by atomic mass is 16.6. The molecule has 14 heteroatoms. The van der Waals surface area contributed by atoms with Gasteiger partial charge in [0.15, 0.2) is 0 Å². The molecular formula is C50H64N4O10. The van der Waals surface area contributed by atoms with E-state index in [2.05, 4.69) is 0 Å². The zero-order chi connectivity index (χ0) is 46.6. The predicted molar refractivity (Wildman–Crippen MR) is 239 cm³/mol. The lowest BCUT2D eigenvalue weighted by Crippen LogP contribution is -2.58. The van der Waals surface area contributed by atoms with Gasteiger partial charge in [-0.05, 0) is 121 Å². The van der Waals surface area contributed by atoms with Crippen molar-refractivity contribution >= 4 is 35.7 Å². The number of rotatable bonds is 6. The molecule has 64 heavy (non-hydrogen) atoms. The van der Waals surface area contributed by atoms with E-state index in [9.17, 15) is 0 Å². The van der Waals surface area contributed by atoms with Gasteiger partial charge < -0.3 is 28.4 Å². The first-order valence-corrected chi connectivity index (χ1v) is 22.7. The van der Waals surface area contributed by atoms with Gasteiger partial charge in [0.25, 0.3) is 0 Å². The molecule has 2 saturated carbocycles. The van der Waals surface area contributed by atoms with Gasteiger partial charge in [-0.25, -0.2) is 29.2 Å². The lowest BCUT2D eigenvalue weighted by atomic mass is 9.61. The third kappa shape index (κ3) is 8.98. The van der Waals surface area contributed by atoms with Gasteiger partial charge in [-0.3, -0.25) is 9.97 Å². The number of pyridine rings is 2. The van der Waals surface area contributed by atoms with Crippen LogP contribution in [0, 0.1) is 0 Å². The Balaban J connectivity index is 1.72. The molecule has 2 atom stereocenters. The molecule has 0 saturated heterocycles. The fourth-order valence-corrected chi connectivity index (χ4v) is 9.19. The molecule has 2 spiro atoms. The summed E-state index contributed by atoms with van der Waals surface area (Å²) in [6, 6.07) is 6.07. The molecule has 0 unspecified atom stereocenters. The number of esters is 4. The van der Waals surface area contributed by atoms with Crippen LogP contribution in [-0.2, 0) is 58.8 Å². The number of ether oxygens (including phenoxy) is 6. The largest absolute Gasteiger partial charge is 0.456 e. The number of carbonyl (C=O) groups excluding carboxylic acids is 4. The lowest BCUT2D eigenvalue weighted by molar-refractivity contribution is -0.164. The molecule has 0 radical (unpaired) electrons. The summed E-state index contributed by atoms with van der Waals surface area (Å²) >= 11 is 0. The molecule has 7 rings (SSSR count). The molecule has 14 nitrogen and oxygen atoms in total. The van der Waals surface area contributed by atoms with E-state index in [4.69, 9.17) is 48.4 Å². The van der Waals surface area contributed by atoms with Crippen molar-refractivity contribution < 1.29 is 47.6 Å². The van der Waals surface area contributed by atoms with Crippen LogP contribution in [0.1, 0.15) is 158 Å². The van der Waals surface area contributed by atoms with Crippen molar-refractivity contribution in [2.24, 2.45) is 9.98 Å². The summed E-state index contributed by atoms with van der Waals surface area (Å²) < 4.78 is 39.7. The fraction of sp³-hybridized carbons (Fsp3) is 0.600. The predicted octanol–water partition coefficient (Wildman–Crippen LogP) is 9.03. The zero-order valence-corrected chi connectivity index (χ0v) is 39.6. The van der Waals surface area contributed by atoms with Crippen LogP contribution in [-0.4, -0.2) is 80.1 Å².